The minimum atomic E-state index is 0.318. The first-order valence-corrected chi connectivity index (χ1v) is 6.82. The number of hydrogen-bond acceptors (Lipinski definition) is 3. The highest BCUT2D eigenvalue weighted by Crippen LogP contribution is 2.29. The van der Waals surface area contributed by atoms with Crippen molar-refractivity contribution in [1.82, 2.24) is 14.6 Å². The van der Waals surface area contributed by atoms with Gasteiger partial charge in [0.1, 0.15) is 5.52 Å². The maximum atomic E-state index is 6.00. The van der Waals surface area contributed by atoms with E-state index in [1.165, 1.54) is 0 Å². The van der Waals surface area contributed by atoms with Crippen LogP contribution in [0.2, 0.25) is 0 Å². The van der Waals surface area contributed by atoms with Crippen molar-refractivity contribution in [3.05, 3.63) is 24.2 Å². The molecule has 0 spiro atoms. The summed E-state index contributed by atoms with van der Waals surface area (Å²) in [6.45, 7) is 4.29. The van der Waals surface area contributed by atoms with E-state index in [4.69, 9.17) is 11.6 Å². The molecule has 0 amide bonds. The Morgan fingerprint density at radius 2 is 2.22 bits per heavy atom. The predicted molar refractivity (Wildman–Crippen MR) is 73.4 cm³/mol. The van der Waals surface area contributed by atoms with Crippen LogP contribution in [0.4, 0.5) is 5.82 Å². The Hall–Kier alpha value is -1.29. The minimum Gasteiger partial charge on any atom is -0.365 e. The average Bonchev–Trinajstić information content (AvgIpc) is 2.72. The zero-order valence-electron chi connectivity index (χ0n) is 10.6. The molecule has 4 nitrogen and oxygen atoms in total. The molecule has 2 aromatic heterocycles. The molecule has 0 bridgehead atoms. The van der Waals surface area contributed by atoms with Crippen LogP contribution in [0.15, 0.2) is 18.5 Å². The number of nitrogens with one attached hydrogen (secondary N) is 1. The topological polar surface area (TPSA) is 42.2 Å². The first-order valence-electron chi connectivity index (χ1n) is 6.38. The van der Waals surface area contributed by atoms with Gasteiger partial charge in [0.2, 0.25) is 0 Å². The number of alkyl halides is 1. The predicted octanol–water partition coefficient (Wildman–Crippen LogP) is 3.03. The summed E-state index contributed by atoms with van der Waals surface area (Å²) in [7, 11) is 0. The first-order chi connectivity index (χ1) is 8.63. The van der Waals surface area contributed by atoms with E-state index in [0.29, 0.717) is 17.3 Å². The van der Waals surface area contributed by atoms with E-state index < -0.39 is 0 Å². The summed E-state index contributed by atoms with van der Waals surface area (Å²) in [4.78, 5) is 4.41. The number of halogens is 1. The van der Waals surface area contributed by atoms with Crippen LogP contribution in [-0.2, 0) is 0 Å². The number of fused-ring (bicyclic) bond motifs is 1. The highest BCUT2D eigenvalue weighted by atomic mass is 35.5. The lowest BCUT2D eigenvalue weighted by Crippen LogP contribution is -2.36. The van der Waals surface area contributed by atoms with Crippen molar-refractivity contribution in [2.45, 2.75) is 44.0 Å². The monoisotopic (exact) mass is 264 g/mol. The SMILES string of the molecule is CC(C)c1cc2c(NC3CC(Cl)C3)nccn2n1. The molecule has 0 atom stereocenters. The number of hydrogen-bond donors (Lipinski definition) is 1. The van der Waals surface area contributed by atoms with Crippen LogP contribution >= 0.6 is 11.6 Å². The highest BCUT2D eigenvalue weighted by molar-refractivity contribution is 6.21. The Balaban J connectivity index is 1.91. The van der Waals surface area contributed by atoms with Gasteiger partial charge in [0, 0.05) is 23.8 Å². The Morgan fingerprint density at radius 1 is 1.44 bits per heavy atom. The van der Waals surface area contributed by atoms with Gasteiger partial charge in [-0.25, -0.2) is 9.50 Å². The molecule has 1 aliphatic rings. The number of nitrogens with zero attached hydrogens (tertiary/aromatic N) is 3. The van der Waals surface area contributed by atoms with Gasteiger partial charge in [-0.15, -0.1) is 11.6 Å². The number of rotatable bonds is 3. The molecule has 0 saturated heterocycles. The molecule has 96 valence electrons. The minimum absolute atomic E-state index is 0.318. The van der Waals surface area contributed by atoms with Crippen molar-refractivity contribution >= 4 is 22.9 Å². The van der Waals surface area contributed by atoms with Crippen molar-refractivity contribution in [3.8, 4) is 0 Å². The van der Waals surface area contributed by atoms with Gasteiger partial charge in [-0.1, -0.05) is 13.8 Å². The van der Waals surface area contributed by atoms with Crippen molar-refractivity contribution in [2.24, 2.45) is 0 Å². The second-order valence-corrected chi connectivity index (χ2v) is 5.86. The zero-order chi connectivity index (χ0) is 12.7. The molecule has 1 fully saturated rings. The van der Waals surface area contributed by atoms with Crippen molar-refractivity contribution in [1.29, 1.82) is 0 Å². The Labute approximate surface area is 111 Å². The molecule has 1 aliphatic carbocycles. The van der Waals surface area contributed by atoms with Crippen LogP contribution in [0.1, 0.15) is 38.3 Å². The van der Waals surface area contributed by atoms with Gasteiger partial charge in [0.15, 0.2) is 5.82 Å². The van der Waals surface area contributed by atoms with Crippen LogP contribution in [0.3, 0.4) is 0 Å². The molecule has 2 heterocycles. The zero-order valence-corrected chi connectivity index (χ0v) is 11.4. The summed E-state index contributed by atoms with van der Waals surface area (Å²) >= 11 is 6.00. The molecule has 0 aromatic carbocycles. The van der Waals surface area contributed by atoms with Gasteiger partial charge < -0.3 is 5.32 Å². The lowest BCUT2D eigenvalue weighted by Gasteiger charge is -2.31. The van der Waals surface area contributed by atoms with Gasteiger partial charge >= 0.3 is 0 Å². The molecular weight excluding hydrogens is 248 g/mol. The number of anilines is 1. The molecule has 0 radical (unpaired) electrons. The third-order valence-corrected chi connectivity index (χ3v) is 3.78. The highest BCUT2D eigenvalue weighted by Gasteiger charge is 2.27. The third-order valence-electron chi connectivity index (χ3n) is 3.42. The quantitative estimate of drug-likeness (QED) is 0.867. The Bertz CT molecular complexity index is 557. The second-order valence-electron chi connectivity index (χ2n) is 5.24. The Morgan fingerprint density at radius 3 is 2.89 bits per heavy atom. The fourth-order valence-electron chi connectivity index (χ4n) is 2.19. The van der Waals surface area contributed by atoms with Crippen molar-refractivity contribution in [2.75, 3.05) is 5.32 Å². The van der Waals surface area contributed by atoms with E-state index in [9.17, 15) is 0 Å². The van der Waals surface area contributed by atoms with Crippen LogP contribution < -0.4 is 5.32 Å². The number of aromatic nitrogens is 3. The smallest absolute Gasteiger partial charge is 0.152 e. The summed E-state index contributed by atoms with van der Waals surface area (Å²) in [5.74, 6) is 1.33. The van der Waals surface area contributed by atoms with Gasteiger partial charge in [-0.05, 0) is 24.8 Å². The molecule has 18 heavy (non-hydrogen) atoms. The lowest BCUT2D eigenvalue weighted by atomic mass is 9.92. The summed E-state index contributed by atoms with van der Waals surface area (Å²) < 4.78 is 1.89. The van der Waals surface area contributed by atoms with Gasteiger partial charge in [-0.3, -0.25) is 0 Å². The van der Waals surface area contributed by atoms with Gasteiger partial charge in [0.25, 0.3) is 0 Å². The van der Waals surface area contributed by atoms with E-state index in [0.717, 1.165) is 29.9 Å². The summed E-state index contributed by atoms with van der Waals surface area (Å²) in [6.07, 6.45) is 5.69. The molecule has 5 heteroatoms. The van der Waals surface area contributed by atoms with Gasteiger partial charge in [-0.2, -0.15) is 5.10 Å². The van der Waals surface area contributed by atoms with E-state index >= 15 is 0 Å². The third kappa shape index (κ3) is 2.05. The molecule has 1 saturated carbocycles. The fraction of sp³-hybridized carbons (Fsp3) is 0.538. The molecular formula is C13H17ClN4. The van der Waals surface area contributed by atoms with Crippen molar-refractivity contribution in [3.63, 3.8) is 0 Å². The van der Waals surface area contributed by atoms with E-state index in [2.05, 4.69) is 35.3 Å². The van der Waals surface area contributed by atoms with E-state index in [1.807, 2.05) is 10.7 Å². The molecule has 0 unspecified atom stereocenters. The van der Waals surface area contributed by atoms with Crippen LogP contribution in [0.5, 0.6) is 0 Å². The van der Waals surface area contributed by atoms with Crippen LogP contribution in [-0.4, -0.2) is 26.0 Å². The van der Waals surface area contributed by atoms with E-state index in [1.54, 1.807) is 6.20 Å². The van der Waals surface area contributed by atoms with Crippen molar-refractivity contribution < 1.29 is 0 Å². The summed E-state index contributed by atoms with van der Waals surface area (Å²) in [5.41, 5.74) is 2.13. The van der Waals surface area contributed by atoms with Crippen LogP contribution in [0, 0.1) is 0 Å². The maximum Gasteiger partial charge on any atom is 0.152 e. The molecule has 0 aliphatic heterocycles. The molecule has 2 aromatic rings. The molecule has 3 rings (SSSR count). The standard InChI is InChI=1S/C13H17ClN4/c1-8(2)11-7-12-13(15-3-4-18(12)17-11)16-10-5-9(14)6-10/h3-4,7-10H,5-6H2,1-2H3,(H,15,16). The fourth-order valence-corrected chi connectivity index (χ4v) is 2.62. The van der Waals surface area contributed by atoms with Gasteiger partial charge in [0.05, 0.1) is 5.69 Å². The average molecular weight is 265 g/mol. The Kier molecular flexibility index (Phi) is 2.90. The largest absolute Gasteiger partial charge is 0.365 e. The normalized spacial score (nSPS) is 23.3. The second kappa shape index (κ2) is 4.43. The lowest BCUT2D eigenvalue weighted by molar-refractivity contribution is 0.454. The summed E-state index contributed by atoms with van der Waals surface area (Å²) in [5, 5.41) is 8.32. The van der Waals surface area contributed by atoms with Crippen LogP contribution in [0.25, 0.3) is 5.52 Å². The maximum absolute atomic E-state index is 6.00. The molecule has 1 N–H and O–H groups in total. The summed E-state index contributed by atoms with van der Waals surface area (Å²) in [6, 6.07) is 2.56. The first kappa shape index (κ1) is 11.8. The van der Waals surface area contributed by atoms with E-state index in [-0.39, 0.29) is 0 Å².